The molecule has 0 bridgehead atoms. The lowest BCUT2D eigenvalue weighted by Crippen LogP contribution is -2.14. The molecular weight excluding hydrogens is 396 g/mol. The summed E-state index contributed by atoms with van der Waals surface area (Å²) in [4.78, 5) is 12.5. The normalized spacial score (nSPS) is 10.8. The second-order valence-electron chi connectivity index (χ2n) is 5.60. The molecule has 0 heterocycles. The van der Waals surface area contributed by atoms with Crippen LogP contribution in [0.15, 0.2) is 40.4 Å². The number of halogens is 1. The van der Waals surface area contributed by atoms with Crippen molar-refractivity contribution in [2.24, 2.45) is 0 Å². The summed E-state index contributed by atoms with van der Waals surface area (Å²) < 4.78 is 11.2. The Labute approximate surface area is 161 Å². The SMILES string of the molecule is COc1cc(Br)c(/C=C(\C#N)C(=O)Nc2cccc(C)c2C)cc1OC. The van der Waals surface area contributed by atoms with Crippen molar-refractivity contribution < 1.29 is 14.3 Å². The fourth-order valence-corrected chi connectivity index (χ4v) is 2.80. The number of aryl methyl sites for hydroxylation is 1. The minimum absolute atomic E-state index is 0.0150. The second-order valence-corrected chi connectivity index (χ2v) is 6.45. The Morgan fingerprint density at radius 3 is 2.46 bits per heavy atom. The smallest absolute Gasteiger partial charge is 0.266 e. The molecule has 0 spiro atoms. The zero-order valence-corrected chi connectivity index (χ0v) is 16.6. The van der Waals surface area contributed by atoms with Gasteiger partial charge in [0.05, 0.1) is 14.2 Å². The summed E-state index contributed by atoms with van der Waals surface area (Å²) in [6, 6.07) is 11.0. The van der Waals surface area contributed by atoms with Crippen LogP contribution < -0.4 is 14.8 Å². The quantitative estimate of drug-likeness (QED) is 0.571. The lowest BCUT2D eigenvalue weighted by atomic mass is 10.1. The first-order valence-electron chi connectivity index (χ1n) is 7.82. The van der Waals surface area contributed by atoms with Crippen LogP contribution in [0.1, 0.15) is 16.7 Å². The number of nitrogens with zero attached hydrogens (tertiary/aromatic N) is 1. The third-order valence-electron chi connectivity index (χ3n) is 4.02. The van der Waals surface area contributed by atoms with E-state index >= 15 is 0 Å². The predicted molar refractivity (Wildman–Crippen MR) is 105 cm³/mol. The zero-order valence-electron chi connectivity index (χ0n) is 15.0. The molecule has 5 nitrogen and oxygen atoms in total. The molecule has 0 aliphatic carbocycles. The molecule has 0 aromatic heterocycles. The topological polar surface area (TPSA) is 71.3 Å². The fraction of sp³-hybridized carbons (Fsp3) is 0.200. The van der Waals surface area contributed by atoms with Gasteiger partial charge >= 0.3 is 0 Å². The predicted octanol–water partition coefficient (Wildman–Crippen LogP) is 4.63. The Kier molecular flexibility index (Phi) is 6.42. The number of carbonyl (C=O) groups is 1. The standard InChI is InChI=1S/C20H19BrN2O3/c1-12-6-5-7-17(13(12)2)23-20(24)15(11-22)8-14-9-18(25-3)19(26-4)10-16(14)21/h5-10H,1-4H3,(H,23,24)/b15-8+. The van der Waals surface area contributed by atoms with Crippen molar-refractivity contribution in [3.8, 4) is 17.6 Å². The van der Waals surface area contributed by atoms with E-state index < -0.39 is 5.91 Å². The Balaban J connectivity index is 2.37. The van der Waals surface area contributed by atoms with E-state index in [0.29, 0.717) is 27.2 Å². The van der Waals surface area contributed by atoms with Gasteiger partial charge in [-0.05, 0) is 54.8 Å². The summed E-state index contributed by atoms with van der Waals surface area (Å²) >= 11 is 3.42. The van der Waals surface area contributed by atoms with Crippen molar-refractivity contribution in [3.05, 3.63) is 57.1 Å². The molecule has 6 heteroatoms. The summed E-state index contributed by atoms with van der Waals surface area (Å²) in [6.07, 6.45) is 1.51. The molecule has 0 saturated heterocycles. The average Bonchev–Trinajstić information content (AvgIpc) is 2.64. The molecule has 26 heavy (non-hydrogen) atoms. The zero-order chi connectivity index (χ0) is 19.3. The first kappa shape index (κ1) is 19.5. The Bertz CT molecular complexity index is 914. The summed E-state index contributed by atoms with van der Waals surface area (Å²) in [5, 5.41) is 12.2. The summed E-state index contributed by atoms with van der Waals surface area (Å²) in [6.45, 7) is 3.89. The Morgan fingerprint density at radius 2 is 1.85 bits per heavy atom. The summed E-state index contributed by atoms with van der Waals surface area (Å²) in [5.74, 6) is 0.590. The highest BCUT2D eigenvalue weighted by molar-refractivity contribution is 9.10. The molecule has 0 saturated carbocycles. The maximum atomic E-state index is 12.5. The molecule has 1 N–H and O–H groups in total. The largest absolute Gasteiger partial charge is 0.493 e. The number of benzene rings is 2. The van der Waals surface area contributed by atoms with Gasteiger partial charge in [0.2, 0.25) is 0 Å². The van der Waals surface area contributed by atoms with Crippen LogP contribution in [0.3, 0.4) is 0 Å². The molecule has 0 radical (unpaired) electrons. The maximum absolute atomic E-state index is 12.5. The van der Waals surface area contributed by atoms with E-state index in [1.54, 1.807) is 12.1 Å². The number of anilines is 1. The van der Waals surface area contributed by atoms with Crippen molar-refractivity contribution in [1.82, 2.24) is 0 Å². The molecule has 0 aliphatic heterocycles. The van der Waals surface area contributed by atoms with E-state index in [1.807, 2.05) is 38.1 Å². The van der Waals surface area contributed by atoms with Crippen molar-refractivity contribution >= 4 is 33.6 Å². The molecule has 2 rings (SSSR count). The first-order chi connectivity index (χ1) is 12.4. The number of methoxy groups -OCH3 is 2. The number of amides is 1. The molecule has 0 atom stereocenters. The van der Waals surface area contributed by atoms with Crippen LogP contribution in [-0.4, -0.2) is 20.1 Å². The first-order valence-corrected chi connectivity index (χ1v) is 8.61. The molecule has 0 fully saturated rings. The van der Waals surface area contributed by atoms with Gasteiger partial charge in [0.1, 0.15) is 11.6 Å². The van der Waals surface area contributed by atoms with Gasteiger partial charge in [0.25, 0.3) is 5.91 Å². The van der Waals surface area contributed by atoms with Gasteiger partial charge in [-0.15, -0.1) is 0 Å². The van der Waals surface area contributed by atoms with Crippen molar-refractivity contribution in [3.63, 3.8) is 0 Å². The van der Waals surface area contributed by atoms with Gasteiger partial charge in [0, 0.05) is 10.2 Å². The highest BCUT2D eigenvalue weighted by Gasteiger charge is 2.14. The minimum atomic E-state index is -0.470. The fourth-order valence-electron chi connectivity index (χ4n) is 2.36. The second kappa shape index (κ2) is 8.54. The van der Waals surface area contributed by atoms with E-state index in [4.69, 9.17) is 9.47 Å². The molecule has 1 amide bonds. The van der Waals surface area contributed by atoms with Crippen molar-refractivity contribution in [2.75, 3.05) is 19.5 Å². The number of nitrogens with one attached hydrogen (secondary N) is 1. The van der Waals surface area contributed by atoms with Gasteiger partial charge in [-0.3, -0.25) is 4.79 Å². The Morgan fingerprint density at radius 1 is 1.19 bits per heavy atom. The third-order valence-corrected chi connectivity index (χ3v) is 4.71. The molecule has 0 unspecified atom stereocenters. The number of ether oxygens (including phenoxy) is 2. The van der Waals surface area contributed by atoms with Gasteiger partial charge < -0.3 is 14.8 Å². The Hall–Kier alpha value is -2.78. The molecule has 134 valence electrons. The molecule has 2 aromatic rings. The van der Waals surface area contributed by atoms with Crippen molar-refractivity contribution in [1.29, 1.82) is 5.26 Å². The van der Waals surface area contributed by atoms with Crippen molar-refractivity contribution in [2.45, 2.75) is 13.8 Å². The maximum Gasteiger partial charge on any atom is 0.266 e. The van der Waals surface area contributed by atoms with Gasteiger partial charge in [-0.2, -0.15) is 5.26 Å². The van der Waals surface area contributed by atoms with Crippen LogP contribution in [-0.2, 0) is 4.79 Å². The molecular formula is C20H19BrN2O3. The summed E-state index contributed by atoms with van der Waals surface area (Å²) in [7, 11) is 3.07. The number of nitriles is 1. The van der Waals surface area contributed by atoms with Crippen LogP contribution >= 0.6 is 15.9 Å². The van der Waals surface area contributed by atoms with Crippen LogP contribution in [0.4, 0.5) is 5.69 Å². The highest BCUT2D eigenvalue weighted by atomic mass is 79.9. The third kappa shape index (κ3) is 4.24. The number of rotatable bonds is 5. The lowest BCUT2D eigenvalue weighted by Gasteiger charge is -2.11. The average molecular weight is 415 g/mol. The monoisotopic (exact) mass is 414 g/mol. The van der Waals surface area contributed by atoms with Crippen LogP contribution in [0.25, 0.3) is 6.08 Å². The van der Waals surface area contributed by atoms with Gasteiger partial charge in [0.15, 0.2) is 11.5 Å². The summed E-state index contributed by atoms with van der Waals surface area (Å²) in [5.41, 5.74) is 3.33. The highest BCUT2D eigenvalue weighted by Crippen LogP contribution is 2.34. The van der Waals surface area contributed by atoms with Gasteiger partial charge in [-0.1, -0.05) is 28.1 Å². The van der Waals surface area contributed by atoms with E-state index in [9.17, 15) is 10.1 Å². The van der Waals surface area contributed by atoms with E-state index in [2.05, 4.69) is 21.2 Å². The number of hydrogen-bond donors (Lipinski definition) is 1. The van der Waals surface area contributed by atoms with Crippen LogP contribution in [0.2, 0.25) is 0 Å². The van der Waals surface area contributed by atoms with Gasteiger partial charge in [-0.25, -0.2) is 0 Å². The van der Waals surface area contributed by atoms with E-state index in [-0.39, 0.29) is 5.57 Å². The molecule has 2 aromatic carbocycles. The number of hydrogen-bond acceptors (Lipinski definition) is 4. The number of carbonyl (C=O) groups excluding carboxylic acids is 1. The van der Waals surface area contributed by atoms with Crippen LogP contribution in [0, 0.1) is 25.2 Å². The van der Waals surface area contributed by atoms with E-state index in [0.717, 1.165) is 11.1 Å². The molecule has 0 aliphatic rings. The minimum Gasteiger partial charge on any atom is -0.493 e. The van der Waals surface area contributed by atoms with Crippen LogP contribution in [0.5, 0.6) is 11.5 Å². The lowest BCUT2D eigenvalue weighted by molar-refractivity contribution is -0.112. The van der Waals surface area contributed by atoms with E-state index in [1.165, 1.54) is 20.3 Å².